The quantitative estimate of drug-likeness (QED) is 0.426. The molecule has 0 amide bonds. The molecule has 0 radical (unpaired) electrons. The highest BCUT2D eigenvalue weighted by Crippen LogP contribution is 2.13. The van der Waals surface area contributed by atoms with Gasteiger partial charge >= 0.3 is 5.97 Å². The average molecular weight is 202 g/mol. The lowest BCUT2D eigenvalue weighted by molar-refractivity contribution is -0.134. The van der Waals surface area contributed by atoms with Gasteiger partial charge in [-0.15, -0.1) is 0 Å². The van der Waals surface area contributed by atoms with Gasteiger partial charge in [0.2, 0.25) is 0 Å². The van der Waals surface area contributed by atoms with Crippen molar-refractivity contribution in [2.24, 2.45) is 0 Å². The normalized spacial score (nSPS) is 9.40. The number of phenols is 1. The van der Waals surface area contributed by atoms with Crippen molar-refractivity contribution in [3.63, 3.8) is 0 Å². The molecule has 76 valence electrons. The van der Waals surface area contributed by atoms with Crippen LogP contribution in [0.1, 0.15) is 5.56 Å². The molecule has 0 aliphatic rings. The number of allylic oxidation sites excluding steroid dienone is 1. The van der Waals surface area contributed by atoms with Crippen LogP contribution in [-0.4, -0.2) is 18.2 Å². The fourth-order valence-electron chi connectivity index (χ4n) is 0.877. The summed E-state index contributed by atoms with van der Waals surface area (Å²) in [6, 6.07) is 6.72. The maximum Gasteiger partial charge on any atom is 0.331 e. The Hall–Kier alpha value is -2.21. The van der Waals surface area contributed by atoms with Crippen LogP contribution in [0.15, 0.2) is 36.4 Å². The molecule has 0 bridgehead atoms. The van der Waals surface area contributed by atoms with E-state index in [0.717, 1.165) is 0 Å². The van der Waals surface area contributed by atoms with Crippen molar-refractivity contribution >= 4 is 5.97 Å². The fraction of sp³-hybridized carbons (Fsp3) is 0.0833. The second-order valence-corrected chi connectivity index (χ2v) is 2.64. The predicted octanol–water partition coefficient (Wildman–Crippen LogP) is 1.47. The first-order valence-corrected chi connectivity index (χ1v) is 4.28. The molecule has 0 aromatic heterocycles. The Bertz CT molecular complexity index is 436. The molecule has 15 heavy (non-hydrogen) atoms. The largest absolute Gasteiger partial charge is 0.507 e. The van der Waals surface area contributed by atoms with Crippen molar-refractivity contribution in [3.05, 3.63) is 42.0 Å². The number of benzene rings is 1. The molecule has 3 heteroatoms. The van der Waals surface area contributed by atoms with Gasteiger partial charge in [0.05, 0.1) is 12.7 Å². The Morgan fingerprint density at radius 3 is 2.87 bits per heavy atom. The summed E-state index contributed by atoms with van der Waals surface area (Å²) in [5.41, 5.74) is 0.520. The van der Waals surface area contributed by atoms with Gasteiger partial charge in [0, 0.05) is 6.08 Å². The molecule has 0 saturated heterocycles. The molecular weight excluding hydrogens is 192 g/mol. The second-order valence-electron chi connectivity index (χ2n) is 2.64. The highest BCUT2D eigenvalue weighted by atomic mass is 16.5. The molecule has 0 spiro atoms. The van der Waals surface area contributed by atoms with E-state index in [1.54, 1.807) is 24.3 Å². The highest BCUT2D eigenvalue weighted by molar-refractivity contribution is 5.82. The number of rotatable bonds is 1. The number of carbonyl (C=O) groups excluding carboxylic acids is 1. The number of hydrogen-bond donors (Lipinski definition) is 1. The third kappa shape index (κ3) is 3.57. The molecule has 0 aliphatic heterocycles. The number of hydrogen-bond acceptors (Lipinski definition) is 3. The smallest absolute Gasteiger partial charge is 0.331 e. The second kappa shape index (κ2) is 5.51. The van der Waals surface area contributed by atoms with Crippen LogP contribution in [0.2, 0.25) is 0 Å². The van der Waals surface area contributed by atoms with Crippen LogP contribution in [0.25, 0.3) is 0 Å². The Kier molecular flexibility index (Phi) is 3.99. The van der Waals surface area contributed by atoms with Crippen LogP contribution in [0.4, 0.5) is 0 Å². The van der Waals surface area contributed by atoms with Crippen molar-refractivity contribution < 1.29 is 14.6 Å². The highest BCUT2D eigenvalue weighted by Gasteiger charge is 1.92. The summed E-state index contributed by atoms with van der Waals surface area (Å²) >= 11 is 0. The summed E-state index contributed by atoms with van der Waals surface area (Å²) in [6.07, 6.45) is 2.59. The van der Waals surface area contributed by atoms with E-state index in [-0.39, 0.29) is 5.75 Å². The Balaban J connectivity index is 2.71. The van der Waals surface area contributed by atoms with Crippen molar-refractivity contribution in [1.29, 1.82) is 0 Å². The molecule has 0 heterocycles. The van der Waals surface area contributed by atoms with Crippen molar-refractivity contribution in [2.75, 3.05) is 7.11 Å². The van der Waals surface area contributed by atoms with E-state index in [1.165, 1.54) is 19.3 Å². The van der Waals surface area contributed by atoms with Gasteiger partial charge in [-0.25, -0.2) is 4.79 Å². The van der Waals surface area contributed by atoms with Gasteiger partial charge in [-0.2, -0.15) is 0 Å². The zero-order valence-electron chi connectivity index (χ0n) is 8.23. The lowest BCUT2D eigenvalue weighted by Crippen LogP contribution is -1.92. The SMILES string of the molecule is COC(=O)/C=C/C#Cc1ccccc1O. The van der Waals surface area contributed by atoms with Gasteiger partial charge in [0.25, 0.3) is 0 Å². The van der Waals surface area contributed by atoms with Gasteiger partial charge in [-0.1, -0.05) is 24.0 Å². The Morgan fingerprint density at radius 2 is 2.20 bits per heavy atom. The molecule has 0 atom stereocenters. The topological polar surface area (TPSA) is 46.5 Å². The number of esters is 1. The Labute approximate surface area is 88.0 Å². The minimum Gasteiger partial charge on any atom is -0.507 e. The standard InChI is InChI=1S/C12H10O3/c1-15-12(14)9-5-3-7-10-6-2-4-8-11(10)13/h2,4-6,8-9,13H,1H3/b9-5+. The van der Waals surface area contributed by atoms with Crippen molar-refractivity contribution in [1.82, 2.24) is 0 Å². The minimum atomic E-state index is -0.457. The molecule has 0 fully saturated rings. The fourth-order valence-corrected chi connectivity index (χ4v) is 0.877. The van der Waals surface area contributed by atoms with Crippen LogP contribution >= 0.6 is 0 Å². The van der Waals surface area contributed by atoms with Gasteiger partial charge < -0.3 is 9.84 Å². The van der Waals surface area contributed by atoms with E-state index in [4.69, 9.17) is 0 Å². The molecule has 1 aromatic carbocycles. The monoisotopic (exact) mass is 202 g/mol. The van der Waals surface area contributed by atoms with Crippen LogP contribution in [-0.2, 0) is 9.53 Å². The van der Waals surface area contributed by atoms with E-state index in [9.17, 15) is 9.90 Å². The van der Waals surface area contributed by atoms with E-state index in [0.29, 0.717) is 5.56 Å². The van der Waals surface area contributed by atoms with Crippen LogP contribution in [0.3, 0.4) is 0 Å². The summed E-state index contributed by atoms with van der Waals surface area (Å²) in [4.78, 5) is 10.7. The summed E-state index contributed by atoms with van der Waals surface area (Å²) in [7, 11) is 1.29. The molecule has 1 rings (SSSR count). The van der Waals surface area contributed by atoms with E-state index >= 15 is 0 Å². The Morgan fingerprint density at radius 1 is 1.47 bits per heavy atom. The van der Waals surface area contributed by atoms with Crippen LogP contribution in [0.5, 0.6) is 5.75 Å². The molecule has 3 nitrogen and oxygen atoms in total. The van der Waals surface area contributed by atoms with Gasteiger partial charge in [0.15, 0.2) is 0 Å². The van der Waals surface area contributed by atoms with Gasteiger partial charge in [-0.05, 0) is 18.2 Å². The van der Waals surface area contributed by atoms with Crippen molar-refractivity contribution in [2.45, 2.75) is 0 Å². The van der Waals surface area contributed by atoms with E-state index in [2.05, 4.69) is 16.6 Å². The molecule has 0 aliphatic carbocycles. The zero-order chi connectivity index (χ0) is 11.1. The molecule has 1 aromatic rings. The molecule has 0 unspecified atom stereocenters. The lowest BCUT2D eigenvalue weighted by Gasteiger charge is -1.92. The number of para-hydroxylation sites is 1. The third-order valence-corrected chi connectivity index (χ3v) is 1.61. The van der Waals surface area contributed by atoms with Gasteiger partial charge in [-0.3, -0.25) is 0 Å². The average Bonchev–Trinajstić information content (AvgIpc) is 2.26. The number of aromatic hydroxyl groups is 1. The van der Waals surface area contributed by atoms with Gasteiger partial charge in [0.1, 0.15) is 5.75 Å². The first-order valence-electron chi connectivity index (χ1n) is 4.28. The van der Waals surface area contributed by atoms with Crippen LogP contribution < -0.4 is 0 Å². The summed E-state index contributed by atoms with van der Waals surface area (Å²) in [5, 5.41) is 9.35. The molecule has 0 saturated carbocycles. The predicted molar refractivity (Wildman–Crippen MR) is 56.1 cm³/mol. The number of phenolic OH excluding ortho intramolecular Hbond substituents is 1. The maximum absolute atomic E-state index is 10.7. The third-order valence-electron chi connectivity index (χ3n) is 1.61. The molecule has 1 N–H and O–H groups in total. The summed E-state index contributed by atoms with van der Waals surface area (Å²) in [5.74, 6) is 4.98. The first kappa shape index (κ1) is 10.9. The zero-order valence-corrected chi connectivity index (χ0v) is 8.23. The maximum atomic E-state index is 10.7. The van der Waals surface area contributed by atoms with E-state index < -0.39 is 5.97 Å². The van der Waals surface area contributed by atoms with Crippen molar-refractivity contribution in [3.8, 4) is 17.6 Å². The first-order chi connectivity index (χ1) is 7.24. The number of ether oxygens (including phenoxy) is 1. The molecular formula is C12H10O3. The number of methoxy groups -OCH3 is 1. The van der Waals surface area contributed by atoms with Crippen LogP contribution in [0, 0.1) is 11.8 Å². The summed E-state index contributed by atoms with van der Waals surface area (Å²) in [6.45, 7) is 0. The number of carbonyl (C=O) groups is 1. The minimum absolute atomic E-state index is 0.122. The summed E-state index contributed by atoms with van der Waals surface area (Å²) < 4.78 is 4.38. The van der Waals surface area contributed by atoms with E-state index in [1.807, 2.05) is 0 Å². The lowest BCUT2D eigenvalue weighted by atomic mass is 10.2.